The van der Waals surface area contributed by atoms with Crippen LogP contribution in [0.5, 0.6) is 0 Å². The van der Waals surface area contributed by atoms with Gasteiger partial charge in [-0.3, -0.25) is 15.2 Å². The molecule has 0 aromatic heterocycles. The molecular weight excluding hydrogens is 547 g/mol. The summed E-state index contributed by atoms with van der Waals surface area (Å²) in [5, 5.41) is 7.52. The van der Waals surface area contributed by atoms with Crippen molar-refractivity contribution in [3.05, 3.63) is 144 Å². The Hall–Kier alpha value is -3.01. The molecular formula is C38H47N2O2P. The third kappa shape index (κ3) is 8.13. The molecule has 0 aliphatic heterocycles. The molecule has 0 heterocycles. The number of nitrogens with one attached hydrogen (secondary N) is 2. The van der Waals surface area contributed by atoms with Crippen LogP contribution < -0.4 is 10.6 Å². The molecule has 1 fully saturated rings. The molecule has 2 N–H and O–H groups in total. The molecule has 1 aliphatic carbocycles. The minimum atomic E-state index is -3.55. The highest BCUT2D eigenvalue weighted by molar-refractivity contribution is 7.59. The van der Waals surface area contributed by atoms with Gasteiger partial charge in [0.15, 0.2) is 0 Å². The second-order valence-electron chi connectivity index (χ2n) is 12.5. The fourth-order valence-electron chi connectivity index (χ4n) is 6.52. The highest BCUT2D eigenvalue weighted by Crippen LogP contribution is 2.69. The Morgan fingerprint density at radius 3 is 1.51 bits per heavy atom. The average molecular weight is 595 g/mol. The molecule has 226 valence electrons. The standard InChI is InChI=1S/C38H47N2O2P/c1-29(2)35-25-24-30(3)26-36(35)42-43(41,37(33-20-12-6-13-21-33)39-27-31-16-8-4-9-17-31)38(34-22-14-7-15-23-34)40-28-32-18-10-5-11-19-32/h4-23,29-30,35-40H,24-28H2,1-3H3/t30-,35-,36-,37-,38-/m1/s1. The molecule has 0 amide bonds. The summed E-state index contributed by atoms with van der Waals surface area (Å²) >= 11 is 0. The van der Waals surface area contributed by atoms with E-state index in [1.165, 1.54) is 6.42 Å². The molecule has 0 spiro atoms. The molecule has 0 radical (unpaired) electrons. The molecule has 1 saturated carbocycles. The van der Waals surface area contributed by atoms with Crippen molar-refractivity contribution in [3.63, 3.8) is 0 Å². The quantitative estimate of drug-likeness (QED) is 0.151. The van der Waals surface area contributed by atoms with Crippen LogP contribution in [0.1, 0.15) is 73.9 Å². The minimum Gasteiger partial charge on any atom is -0.322 e. The van der Waals surface area contributed by atoms with E-state index in [0.29, 0.717) is 30.8 Å². The maximum atomic E-state index is 16.3. The molecule has 0 unspecified atom stereocenters. The highest BCUT2D eigenvalue weighted by atomic mass is 31.2. The molecule has 1 aliphatic rings. The van der Waals surface area contributed by atoms with Crippen LogP contribution in [0.4, 0.5) is 0 Å². The van der Waals surface area contributed by atoms with Gasteiger partial charge in [0, 0.05) is 13.1 Å². The average Bonchev–Trinajstić information content (AvgIpc) is 3.03. The first-order chi connectivity index (χ1) is 20.9. The lowest BCUT2D eigenvalue weighted by atomic mass is 9.75. The predicted molar refractivity (Wildman–Crippen MR) is 179 cm³/mol. The van der Waals surface area contributed by atoms with Gasteiger partial charge in [0.1, 0.15) is 11.6 Å². The van der Waals surface area contributed by atoms with Gasteiger partial charge >= 0.3 is 0 Å². The molecule has 5 heteroatoms. The van der Waals surface area contributed by atoms with E-state index in [2.05, 4.69) is 104 Å². The van der Waals surface area contributed by atoms with E-state index in [0.717, 1.165) is 35.1 Å². The van der Waals surface area contributed by atoms with E-state index >= 15 is 4.57 Å². The number of hydrogen-bond acceptors (Lipinski definition) is 4. The molecule has 0 saturated heterocycles. The molecule has 5 atom stereocenters. The maximum absolute atomic E-state index is 16.3. The van der Waals surface area contributed by atoms with E-state index in [1.807, 2.05) is 48.5 Å². The number of benzene rings is 4. The van der Waals surface area contributed by atoms with Gasteiger partial charge in [0.25, 0.3) is 0 Å². The molecule has 4 nitrogen and oxygen atoms in total. The Morgan fingerprint density at radius 1 is 0.674 bits per heavy atom. The van der Waals surface area contributed by atoms with Crippen molar-refractivity contribution in [1.29, 1.82) is 0 Å². The normalized spacial score (nSPS) is 20.5. The summed E-state index contributed by atoms with van der Waals surface area (Å²) in [6, 6.07) is 41.2. The Labute approximate surface area is 258 Å². The summed E-state index contributed by atoms with van der Waals surface area (Å²) in [5.74, 6) is 0.333. The predicted octanol–water partition coefficient (Wildman–Crippen LogP) is 9.72. The van der Waals surface area contributed by atoms with Crippen molar-refractivity contribution in [1.82, 2.24) is 10.6 Å². The van der Waals surface area contributed by atoms with Gasteiger partial charge in [-0.15, -0.1) is 0 Å². The van der Waals surface area contributed by atoms with Crippen molar-refractivity contribution >= 4 is 7.37 Å². The van der Waals surface area contributed by atoms with Gasteiger partial charge in [-0.1, -0.05) is 149 Å². The molecule has 4 aromatic carbocycles. The van der Waals surface area contributed by atoms with Gasteiger partial charge in [-0.05, 0) is 52.8 Å². The first-order valence-corrected chi connectivity index (χ1v) is 17.6. The van der Waals surface area contributed by atoms with Gasteiger partial charge in [-0.2, -0.15) is 0 Å². The SMILES string of the molecule is CC(C)[C@H]1CC[C@@H](C)C[C@H]1OP(=O)([C@@H](NCc1ccccc1)c1ccccc1)[C@@H](NCc1ccccc1)c1ccccc1. The Bertz CT molecular complexity index is 1320. The highest BCUT2D eigenvalue weighted by Gasteiger charge is 2.47. The molecule has 43 heavy (non-hydrogen) atoms. The van der Waals surface area contributed by atoms with Crippen molar-refractivity contribution < 1.29 is 9.09 Å². The van der Waals surface area contributed by atoms with Crippen LogP contribution in [0.3, 0.4) is 0 Å². The zero-order chi connectivity index (χ0) is 30.1. The van der Waals surface area contributed by atoms with Gasteiger partial charge in [0.2, 0.25) is 7.37 Å². The third-order valence-electron chi connectivity index (χ3n) is 8.90. The Balaban J connectivity index is 1.62. The van der Waals surface area contributed by atoms with Gasteiger partial charge in [0.05, 0.1) is 6.10 Å². The fourth-order valence-corrected chi connectivity index (χ4v) is 9.59. The lowest BCUT2D eigenvalue weighted by Crippen LogP contribution is -2.37. The fraction of sp³-hybridized carbons (Fsp3) is 0.368. The molecule has 5 rings (SSSR count). The second kappa shape index (κ2) is 15.1. The third-order valence-corrected chi connectivity index (χ3v) is 11.9. The summed E-state index contributed by atoms with van der Waals surface area (Å²) in [5.41, 5.74) is 4.26. The van der Waals surface area contributed by atoms with E-state index in [4.69, 9.17) is 4.52 Å². The monoisotopic (exact) mass is 594 g/mol. The van der Waals surface area contributed by atoms with Crippen LogP contribution in [0.2, 0.25) is 0 Å². The Morgan fingerprint density at radius 2 is 1.09 bits per heavy atom. The summed E-state index contributed by atoms with van der Waals surface area (Å²) in [7, 11) is -3.55. The molecule has 0 bridgehead atoms. The Kier molecular flexibility index (Phi) is 11.1. The van der Waals surface area contributed by atoms with Crippen molar-refractivity contribution in [2.45, 2.75) is 70.8 Å². The first kappa shape index (κ1) is 31.4. The maximum Gasteiger partial charge on any atom is 0.245 e. The summed E-state index contributed by atoms with van der Waals surface area (Å²) in [6.07, 6.45) is 3.14. The number of hydrogen-bond donors (Lipinski definition) is 2. The van der Waals surface area contributed by atoms with Gasteiger partial charge in [-0.25, -0.2) is 0 Å². The zero-order valence-corrected chi connectivity index (χ0v) is 26.7. The largest absolute Gasteiger partial charge is 0.322 e. The van der Waals surface area contributed by atoms with E-state index in [-0.39, 0.29) is 6.10 Å². The van der Waals surface area contributed by atoms with E-state index in [9.17, 15) is 0 Å². The van der Waals surface area contributed by atoms with Crippen LogP contribution in [-0.4, -0.2) is 6.10 Å². The summed E-state index contributed by atoms with van der Waals surface area (Å²) in [4.78, 5) is 0. The first-order valence-electron chi connectivity index (χ1n) is 15.9. The van der Waals surface area contributed by atoms with E-state index in [1.54, 1.807) is 0 Å². The van der Waals surface area contributed by atoms with Crippen LogP contribution in [0, 0.1) is 17.8 Å². The number of rotatable bonds is 13. The zero-order valence-electron chi connectivity index (χ0n) is 25.8. The summed E-state index contributed by atoms with van der Waals surface area (Å²) in [6.45, 7) is 8.05. The van der Waals surface area contributed by atoms with Gasteiger partial charge < -0.3 is 4.52 Å². The minimum absolute atomic E-state index is 0.0796. The lowest BCUT2D eigenvalue weighted by Gasteiger charge is -2.43. The van der Waals surface area contributed by atoms with Crippen LogP contribution >= 0.6 is 7.37 Å². The van der Waals surface area contributed by atoms with Crippen LogP contribution in [0.15, 0.2) is 121 Å². The van der Waals surface area contributed by atoms with Crippen molar-refractivity contribution in [2.24, 2.45) is 17.8 Å². The summed E-state index contributed by atoms with van der Waals surface area (Å²) < 4.78 is 23.5. The molecule has 4 aromatic rings. The van der Waals surface area contributed by atoms with Crippen molar-refractivity contribution in [3.8, 4) is 0 Å². The van der Waals surface area contributed by atoms with E-state index < -0.39 is 18.9 Å². The smallest absolute Gasteiger partial charge is 0.245 e. The lowest BCUT2D eigenvalue weighted by molar-refractivity contribution is 0.0442. The van der Waals surface area contributed by atoms with Crippen LogP contribution in [-0.2, 0) is 22.2 Å². The van der Waals surface area contributed by atoms with Crippen molar-refractivity contribution in [2.75, 3.05) is 0 Å². The topological polar surface area (TPSA) is 50.4 Å². The second-order valence-corrected chi connectivity index (χ2v) is 15.0. The van der Waals surface area contributed by atoms with Crippen LogP contribution in [0.25, 0.3) is 0 Å².